The van der Waals surface area contributed by atoms with Gasteiger partial charge in [0.05, 0.1) is 5.69 Å². The molecule has 0 saturated heterocycles. The first-order valence-electron chi connectivity index (χ1n) is 8.07. The number of thiazole rings is 1. The summed E-state index contributed by atoms with van der Waals surface area (Å²) in [6.45, 7) is 0.241. The number of amides is 1. The van der Waals surface area contributed by atoms with Crippen LogP contribution in [0.5, 0.6) is 11.5 Å². The van der Waals surface area contributed by atoms with Crippen molar-refractivity contribution in [2.75, 3.05) is 12.1 Å². The molecule has 26 heavy (non-hydrogen) atoms. The fourth-order valence-electron chi connectivity index (χ4n) is 2.61. The number of fused-ring (bicyclic) bond motifs is 1. The topological polar surface area (TPSA) is 60.5 Å². The third-order valence-corrected chi connectivity index (χ3v) is 4.98. The lowest BCUT2D eigenvalue weighted by Crippen LogP contribution is -2.12. The Kier molecular flexibility index (Phi) is 4.77. The molecule has 132 valence electrons. The number of ether oxygens (including phenoxy) is 2. The fraction of sp³-hybridized carbons (Fsp3) is 0.158. The van der Waals surface area contributed by atoms with E-state index in [0.29, 0.717) is 28.7 Å². The summed E-state index contributed by atoms with van der Waals surface area (Å²) in [5.41, 5.74) is 2.79. The number of halogens is 1. The van der Waals surface area contributed by atoms with Crippen LogP contribution in [0.15, 0.2) is 47.8 Å². The van der Waals surface area contributed by atoms with E-state index in [-0.39, 0.29) is 12.7 Å². The van der Waals surface area contributed by atoms with Crippen LogP contribution in [0.25, 0.3) is 11.3 Å². The summed E-state index contributed by atoms with van der Waals surface area (Å²) >= 11 is 7.26. The highest BCUT2D eigenvalue weighted by molar-refractivity contribution is 7.14. The van der Waals surface area contributed by atoms with Crippen molar-refractivity contribution in [3.8, 4) is 22.8 Å². The summed E-state index contributed by atoms with van der Waals surface area (Å²) in [5, 5.41) is 6.04. The van der Waals surface area contributed by atoms with Crippen LogP contribution in [-0.4, -0.2) is 17.7 Å². The number of nitrogens with zero attached hydrogens (tertiary/aromatic N) is 1. The number of carbonyl (C=O) groups is 1. The molecule has 7 heteroatoms. The van der Waals surface area contributed by atoms with Crippen LogP contribution in [0.3, 0.4) is 0 Å². The Labute approximate surface area is 159 Å². The van der Waals surface area contributed by atoms with Crippen molar-refractivity contribution in [3.63, 3.8) is 0 Å². The molecule has 1 amide bonds. The Bertz CT molecular complexity index is 940. The molecule has 0 saturated carbocycles. The lowest BCUT2D eigenvalue weighted by molar-refractivity contribution is -0.116. The zero-order valence-corrected chi connectivity index (χ0v) is 15.3. The van der Waals surface area contributed by atoms with Gasteiger partial charge in [0.2, 0.25) is 12.7 Å². The van der Waals surface area contributed by atoms with E-state index in [1.165, 1.54) is 11.3 Å². The molecule has 2 aromatic carbocycles. The van der Waals surface area contributed by atoms with Crippen molar-refractivity contribution < 1.29 is 14.3 Å². The highest BCUT2D eigenvalue weighted by Crippen LogP contribution is 2.36. The van der Waals surface area contributed by atoms with E-state index in [9.17, 15) is 4.79 Å². The number of aromatic nitrogens is 1. The molecule has 1 aliphatic rings. The number of aryl methyl sites for hydroxylation is 1. The lowest BCUT2D eigenvalue weighted by Gasteiger charge is -2.03. The number of carbonyl (C=O) groups excluding carboxylic acids is 1. The Morgan fingerprint density at radius 2 is 1.96 bits per heavy atom. The maximum atomic E-state index is 12.1. The SMILES string of the molecule is O=C(CCc1ccc(Cl)cc1)Nc1nc(-c2ccc3c(c2)OCO3)cs1. The maximum Gasteiger partial charge on any atom is 0.231 e. The molecule has 1 aromatic heterocycles. The fourth-order valence-corrected chi connectivity index (χ4v) is 3.47. The van der Waals surface area contributed by atoms with Crippen LogP contribution in [0.4, 0.5) is 5.13 Å². The smallest absolute Gasteiger partial charge is 0.231 e. The van der Waals surface area contributed by atoms with Crippen LogP contribution in [0.2, 0.25) is 5.02 Å². The van der Waals surface area contributed by atoms with Gasteiger partial charge in [-0.1, -0.05) is 23.7 Å². The number of benzene rings is 2. The average molecular weight is 387 g/mol. The molecule has 0 atom stereocenters. The van der Waals surface area contributed by atoms with Gasteiger partial charge in [-0.2, -0.15) is 0 Å². The van der Waals surface area contributed by atoms with Gasteiger partial charge in [0.15, 0.2) is 16.6 Å². The van der Waals surface area contributed by atoms with E-state index in [2.05, 4.69) is 10.3 Å². The van der Waals surface area contributed by atoms with Crippen molar-refractivity contribution in [1.82, 2.24) is 4.98 Å². The normalized spacial score (nSPS) is 12.2. The van der Waals surface area contributed by atoms with Gasteiger partial charge in [-0.25, -0.2) is 4.98 Å². The summed E-state index contributed by atoms with van der Waals surface area (Å²) in [7, 11) is 0. The Morgan fingerprint density at radius 3 is 2.81 bits per heavy atom. The van der Waals surface area contributed by atoms with Gasteiger partial charge < -0.3 is 14.8 Å². The van der Waals surface area contributed by atoms with E-state index in [0.717, 1.165) is 22.6 Å². The highest BCUT2D eigenvalue weighted by Gasteiger charge is 2.15. The third kappa shape index (κ3) is 3.81. The molecule has 2 heterocycles. The molecule has 3 aromatic rings. The van der Waals surface area contributed by atoms with Gasteiger partial charge in [-0.3, -0.25) is 4.79 Å². The van der Waals surface area contributed by atoms with E-state index in [1.54, 1.807) is 0 Å². The maximum absolute atomic E-state index is 12.1. The first-order chi connectivity index (χ1) is 12.7. The summed E-state index contributed by atoms with van der Waals surface area (Å²) in [6, 6.07) is 13.2. The second-order valence-corrected chi connectivity index (χ2v) is 7.08. The van der Waals surface area contributed by atoms with Gasteiger partial charge in [0, 0.05) is 22.4 Å². The Balaban J connectivity index is 1.37. The van der Waals surface area contributed by atoms with Crippen LogP contribution < -0.4 is 14.8 Å². The molecule has 4 rings (SSSR count). The van der Waals surface area contributed by atoms with Gasteiger partial charge in [0.25, 0.3) is 0 Å². The van der Waals surface area contributed by atoms with Gasteiger partial charge in [0.1, 0.15) is 0 Å². The van der Waals surface area contributed by atoms with Crippen molar-refractivity contribution >= 4 is 34.0 Å². The summed E-state index contributed by atoms with van der Waals surface area (Å²) in [5.74, 6) is 1.38. The number of rotatable bonds is 5. The van der Waals surface area contributed by atoms with E-state index >= 15 is 0 Å². The van der Waals surface area contributed by atoms with Crippen molar-refractivity contribution in [2.24, 2.45) is 0 Å². The minimum atomic E-state index is -0.0634. The molecule has 5 nitrogen and oxygen atoms in total. The molecule has 0 radical (unpaired) electrons. The third-order valence-electron chi connectivity index (χ3n) is 3.97. The highest BCUT2D eigenvalue weighted by atomic mass is 35.5. The number of nitrogens with one attached hydrogen (secondary N) is 1. The standard InChI is InChI=1S/C19H15ClN2O3S/c20-14-5-1-12(2-6-14)3-8-18(23)22-19-21-15(10-26-19)13-4-7-16-17(9-13)25-11-24-16/h1-2,4-7,9-10H,3,8,11H2,(H,21,22,23). The first-order valence-corrected chi connectivity index (χ1v) is 9.33. The predicted molar refractivity (Wildman–Crippen MR) is 102 cm³/mol. The number of hydrogen-bond acceptors (Lipinski definition) is 5. The largest absolute Gasteiger partial charge is 0.454 e. The van der Waals surface area contributed by atoms with E-state index in [4.69, 9.17) is 21.1 Å². The molecule has 0 aliphatic carbocycles. The predicted octanol–water partition coefficient (Wildman–Crippen LogP) is 4.76. The minimum absolute atomic E-state index is 0.0634. The minimum Gasteiger partial charge on any atom is -0.454 e. The zero-order valence-electron chi connectivity index (χ0n) is 13.7. The van der Waals surface area contributed by atoms with Crippen LogP contribution in [-0.2, 0) is 11.2 Å². The molecule has 1 N–H and O–H groups in total. The molecular formula is C19H15ClN2O3S. The monoisotopic (exact) mass is 386 g/mol. The van der Waals surface area contributed by atoms with Crippen molar-refractivity contribution in [3.05, 3.63) is 58.4 Å². The van der Waals surface area contributed by atoms with Crippen molar-refractivity contribution in [1.29, 1.82) is 0 Å². The molecule has 0 unspecified atom stereocenters. The number of hydrogen-bond donors (Lipinski definition) is 1. The zero-order chi connectivity index (χ0) is 17.9. The quantitative estimate of drug-likeness (QED) is 0.686. The van der Waals surface area contributed by atoms with Crippen molar-refractivity contribution in [2.45, 2.75) is 12.8 Å². The summed E-state index contributed by atoms with van der Waals surface area (Å²) in [4.78, 5) is 16.6. The molecule has 1 aliphatic heterocycles. The van der Waals surface area contributed by atoms with Crippen LogP contribution >= 0.6 is 22.9 Å². The molecular weight excluding hydrogens is 372 g/mol. The Hall–Kier alpha value is -2.57. The molecule has 0 fully saturated rings. The Morgan fingerprint density at radius 1 is 1.15 bits per heavy atom. The van der Waals surface area contributed by atoms with Crippen LogP contribution in [0.1, 0.15) is 12.0 Å². The van der Waals surface area contributed by atoms with E-state index in [1.807, 2.05) is 47.8 Å². The van der Waals surface area contributed by atoms with Gasteiger partial charge in [-0.05, 0) is 42.3 Å². The van der Waals surface area contributed by atoms with E-state index < -0.39 is 0 Å². The first kappa shape index (κ1) is 16.9. The summed E-state index contributed by atoms with van der Waals surface area (Å²) < 4.78 is 10.7. The van der Waals surface area contributed by atoms with Crippen LogP contribution in [0, 0.1) is 0 Å². The number of anilines is 1. The second-order valence-electron chi connectivity index (χ2n) is 5.78. The summed E-state index contributed by atoms with van der Waals surface area (Å²) in [6.07, 6.45) is 1.05. The average Bonchev–Trinajstić information content (AvgIpc) is 3.29. The van der Waals surface area contributed by atoms with Gasteiger partial charge >= 0.3 is 0 Å². The molecule has 0 bridgehead atoms. The lowest BCUT2D eigenvalue weighted by atomic mass is 10.1. The second kappa shape index (κ2) is 7.35. The van der Waals surface area contributed by atoms with Gasteiger partial charge in [-0.15, -0.1) is 11.3 Å². The molecule has 0 spiro atoms.